The Morgan fingerprint density at radius 1 is 0.591 bits per heavy atom. The molecule has 4 atom stereocenters. The average molecular weight is 308 g/mol. The second-order valence-corrected chi connectivity index (χ2v) is 8.16. The van der Waals surface area contributed by atoms with E-state index in [0.717, 1.165) is 12.1 Å². The highest BCUT2D eigenvalue weighted by atomic mass is 16.5. The number of nitrogens with zero attached hydrogens (tertiary/aromatic N) is 1. The zero-order valence-corrected chi connectivity index (χ0v) is 14.8. The largest absolute Gasteiger partial charge is 0.375 e. The molecule has 0 aromatic rings. The van der Waals surface area contributed by atoms with Gasteiger partial charge < -0.3 is 9.64 Å². The van der Waals surface area contributed by atoms with E-state index in [1.807, 2.05) is 0 Å². The number of hydrogen-bond acceptors (Lipinski definition) is 2. The van der Waals surface area contributed by atoms with E-state index in [4.69, 9.17) is 4.74 Å². The molecule has 2 saturated carbocycles. The molecular formula is C20H37NO. The fourth-order valence-corrected chi connectivity index (χ4v) is 5.02. The minimum Gasteiger partial charge on any atom is -0.375 e. The Balaban J connectivity index is 1.74. The summed E-state index contributed by atoms with van der Waals surface area (Å²) in [5.41, 5.74) is 0. The van der Waals surface area contributed by atoms with Crippen LogP contribution in [0.5, 0.6) is 0 Å². The smallest absolute Gasteiger partial charge is 0.0593 e. The maximum atomic E-state index is 6.68. The molecule has 3 rings (SSSR count). The maximum Gasteiger partial charge on any atom is 0.0593 e. The Hall–Kier alpha value is -0.0800. The number of rotatable bonds is 0. The van der Waals surface area contributed by atoms with Crippen molar-refractivity contribution < 1.29 is 4.74 Å². The van der Waals surface area contributed by atoms with Gasteiger partial charge in [0, 0.05) is 12.1 Å². The van der Waals surface area contributed by atoms with E-state index in [1.165, 1.54) is 96.3 Å². The molecule has 0 radical (unpaired) electrons. The summed E-state index contributed by atoms with van der Waals surface area (Å²) in [5, 5.41) is 0. The van der Waals surface area contributed by atoms with Crippen molar-refractivity contribution in [2.75, 3.05) is 7.05 Å². The molecule has 1 heterocycles. The number of ether oxygens (including phenoxy) is 1. The monoisotopic (exact) mass is 307 g/mol. The van der Waals surface area contributed by atoms with E-state index < -0.39 is 0 Å². The molecule has 128 valence electrons. The third kappa shape index (κ3) is 4.71. The summed E-state index contributed by atoms with van der Waals surface area (Å²) in [5.74, 6) is 0. The van der Waals surface area contributed by atoms with Gasteiger partial charge in [-0.2, -0.15) is 0 Å². The highest BCUT2D eigenvalue weighted by Crippen LogP contribution is 2.32. The maximum absolute atomic E-state index is 6.68. The first-order valence-corrected chi connectivity index (χ1v) is 10.2. The molecule has 0 N–H and O–H groups in total. The van der Waals surface area contributed by atoms with E-state index in [2.05, 4.69) is 11.9 Å². The molecule has 2 heteroatoms. The lowest BCUT2D eigenvalue weighted by Gasteiger charge is -2.42. The molecule has 4 unspecified atom stereocenters. The molecule has 2 aliphatic carbocycles. The van der Waals surface area contributed by atoms with Gasteiger partial charge in [-0.25, -0.2) is 0 Å². The summed E-state index contributed by atoms with van der Waals surface area (Å²) in [6.45, 7) is 0. The highest BCUT2D eigenvalue weighted by molar-refractivity contribution is 4.86. The molecule has 0 aromatic carbocycles. The molecule has 0 amide bonds. The molecule has 4 bridgehead atoms. The third-order valence-electron chi connectivity index (χ3n) is 6.48. The summed E-state index contributed by atoms with van der Waals surface area (Å²) >= 11 is 0. The second-order valence-electron chi connectivity index (χ2n) is 8.16. The van der Waals surface area contributed by atoms with Crippen molar-refractivity contribution in [3.8, 4) is 0 Å². The van der Waals surface area contributed by atoms with Crippen LogP contribution in [0.2, 0.25) is 0 Å². The summed E-state index contributed by atoms with van der Waals surface area (Å²) in [6, 6.07) is 1.55. The predicted octanol–water partition coefficient (Wildman–Crippen LogP) is 5.30. The van der Waals surface area contributed by atoms with Gasteiger partial charge in [0.1, 0.15) is 0 Å². The first-order valence-electron chi connectivity index (χ1n) is 10.2. The highest BCUT2D eigenvalue weighted by Gasteiger charge is 2.32. The zero-order chi connectivity index (χ0) is 15.2. The Labute approximate surface area is 138 Å². The van der Waals surface area contributed by atoms with Crippen LogP contribution < -0.4 is 0 Å². The first-order chi connectivity index (χ1) is 10.8. The van der Waals surface area contributed by atoms with Crippen LogP contribution in [0.15, 0.2) is 0 Å². The van der Waals surface area contributed by atoms with Gasteiger partial charge in [0.05, 0.1) is 12.2 Å². The fourth-order valence-electron chi connectivity index (χ4n) is 5.02. The Kier molecular flexibility index (Phi) is 6.62. The van der Waals surface area contributed by atoms with Crippen LogP contribution in [-0.4, -0.2) is 36.2 Å². The second kappa shape index (κ2) is 8.68. The SMILES string of the molecule is CN1C2CCCCCCCC(C2)OC2CCCCCCC1C2. The van der Waals surface area contributed by atoms with Gasteiger partial charge in [-0.05, 0) is 45.6 Å². The number of fused-ring (bicyclic) bond motifs is 4. The quantitative estimate of drug-likeness (QED) is 0.602. The molecule has 3 aliphatic rings. The van der Waals surface area contributed by atoms with E-state index in [-0.39, 0.29) is 0 Å². The number of hydrogen-bond donors (Lipinski definition) is 0. The van der Waals surface area contributed by atoms with E-state index in [0.29, 0.717) is 12.2 Å². The van der Waals surface area contributed by atoms with Crippen molar-refractivity contribution in [1.82, 2.24) is 4.90 Å². The third-order valence-corrected chi connectivity index (χ3v) is 6.48. The minimum atomic E-state index is 0.539. The molecule has 2 nitrogen and oxygen atoms in total. The summed E-state index contributed by atoms with van der Waals surface area (Å²) < 4.78 is 6.68. The summed E-state index contributed by atoms with van der Waals surface area (Å²) in [4.78, 5) is 2.79. The van der Waals surface area contributed by atoms with E-state index >= 15 is 0 Å². The summed E-state index contributed by atoms with van der Waals surface area (Å²) in [7, 11) is 2.43. The van der Waals surface area contributed by atoms with Crippen LogP contribution in [0.4, 0.5) is 0 Å². The molecule has 0 aromatic heterocycles. The molecule has 1 aliphatic heterocycles. The fraction of sp³-hybridized carbons (Fsp3) is 1.00. The lowest BCUT2D eigenvalue weighted by atomic mass is 9.90. The van der Waals surface area contributed by atoms with Gasteiger partial charge in [-0.15, -0.1) is 0 Å². The van der Waals surface area contributed by atoms with Crippen molar-refractivity contribution in [2.45, 2.75) is 121 Å². The van der Waals surface area contributed by atoms with Crippen LogP contribution >= 0.6 is 0 Å². The van der Waals surface area contributed by atoms with Gasteiger partial charge in [0.2, 0.25) is 0 Å². The van der Waals surface area contributed by atoms with Crippen LogP contribution in [0.1, 0.15) is 96.3 Å². The molecule has 1 saturated heterocycles. The van der Waals surface area contributed by atoms with Gasteiger partial charge in [0.15, 0.2) is 0 Å². The van der Waals surface area contributed by atoms with Crippen molar-refractivity contribution >= 4 is 0 Å². The van der Waals surface area contributed by atoms with Gasteiger partial charge >= 0.3 is 0 Å². The van der Waals surface area contributed by atoms with E-state index in [1.54, 1.807) is 0 Å². The van der Waals surface area contributed by atoms with Crippen LogP contribution in [-0.2, 0) is 4.74 Å². The zero-order valence-electron chi connectivity index (χ0n) is 14.8. The van der Waals surface area contributed by atoms with Crippen molar-refractivity contribution in [2.24, 2.45) is 0 Å². The van der Waals surface area contributed by atoms with Crippen LogP contribution in [0.25, 0.3) is 0 Å². The summed E-state index contributed by atoms with van der Waals surface area (Å²) in [6.07, 6.45) is 21.9. The minimum absolute atomic E-state index is 0.539. The van der Waals surface area contributed by atoms with Gasteiger partial charge in [-0.1, -0.05) is 57.8 Å². The topological polar surface area (TPSA) is 12.5 Å². The Bertz CT molecular complexity index is 319. The van der Waals surface area contributed by atoms with Crippen molar-refractivity contribution in [1.29, 1.82) is 0 Å². The van der Waals surface area contributed by atoms with Gasteiger partial charge in [0.25, 0.3) is 0 Å². The van der Waals surface area contributed by atoms with Crippen molar-refractivity contribution in [3.63, 3.8) is 0 Å². The van der Waals surface area contributed by atoms with Crippen molar-refractivity contribution in [3.05, 3.63) is 0 Å². The molecule has 22 heavy (non-hydrogen) atoms. The average Bonchev–Trinajstić information content (AvgIpc) is 2.64. The van der Waals surface area contributed by atoms with Gasteiger partial charge in [-0.3, -0.25) is 0 Å². The van der Waals surface area contributed by atoms with Crippen LogP contribution in [0.3, 0.4) is 0 Å². The molecule has 0 spiro atoms. The lowest BCUT2D eigenvalue weighted by Crippen LogP contribution is -2.47. The van der Waals surface area contributed by atoms with E-state index in [9.17, 15) is 0 Å². The Morgan fingerprint density at radius 3 is 1.50 bits per heavy atom. The normalized spacial score (nSPS) is 39.7. The lowest BCUT2D eigenvalue weighted by molar-refractivity contribution is -0.0754. The molecule has 3 fully saturated rings. The molecular weight excluding hydrogens is 270 g/mol. The predicted molar refractivity (Wildman–Crippen MR) is 93.3 cm³/mol. The first kappa shape index (κ1) is 16.8. The Morgan fingerprint density at radius 2 is 1.00 bits per heavy atom. The standard InChI is InChI=1S/C20H37NO/c1-21-17-11-7-3-2-4-9-13-19(15-17)22-20-14-10-6-5-8-12-18(21)16-20/h17-20H,2-16H2,1H3. The van der Waals surface area contributed by atoms with Crippen LogP contribution in [0, 0.1) is 0 Å².